The monoisotopic (exact) mass is 221 g/mol. The third kappa shape index (κ3) is 6.76. The summed E-state index contributed by atoms with van der Waals surface area (Å²) < 4.78 is 29.3. The van der Waals surface area contributed by atoms with Gasteiger partial charge in [0.25, 0.3) is 0 Å². The highest BCUT2D eigenvalue weighted by molar-refractivity contribution is 7.74. The summed E-state index contributed by atoms with van der Waals surface area (Å²) in [4.78, 5) is 10.8. The number of ether oxygens (including phenoxy) is 1. The Balaban J connectivity index is 3.94. The van der Waals surface area contributed by atoms with E-state index in [0.717, 1.165) is 12.5 Å². The van der Waals surface area contributed by atoms with E-state index < -0.39 is 23.4 Å². The van der Waals surface area contributed by atoms with Gasteiger partial charge in [0, 0.05) is 6.08 Å². The van der Waals surface area contributed by atoms with Crippen molar-refractivity contribution in [2.75, 3.05) is 6.61 Å². The molecule has 0 fully saturated rings. The summed E-state index contributed by atoms with van der Waals surface area (Å²) in [6.45, 7) is 4.97. The molecule has 0 N–H and O–H groups in total. The lowest BCUT2D eigenvalue weighted by molar-refractivity contribution is -0.144. The molecule has 0 saturated carbocycles. The fraction of sp³-hybridized carbons (Fsp3) is 0.625. The molecule has 2 unspecified atom stereocenters. The molecule has 82 valence electrons. The summed E-state index contributed by atoms with van der Waals surface area (Å²) in [7, 11) is 0. The molecule has 0 amide bonds. The third-order valence-electron chi connectivity index (χ3n) is 1.41. The van der Waals surface area contributed by atoms with E-state index in [1.807, 2.05) is 6.92 Å². The molecular formula is C8H13O5S-. The van der Waals surface area contributed by atoms with Gasteiger partial charge in [-0.2, -0.15) is 0 Å². The molecule has 2 atom stereocenters. The smallest absolute Gasteiger partial charge is 0.330 e. The highest BCUT2D eigenvalue weighted by Gasteiger charge is 2.11. The molecule has 0 aliphatic carbocycles. The van der Waals surface area contributed by atoms with Gasteiger partial charge in [0.05, 0.1) is 18.0 Å². The van der Waals surface area contributed by atoms with Gasteiger partial charge in [-0.1, -0.05) is 19.9 Å². The molecule has 0 spiro atoms. The minimum absolute atomic E-state index is 0.149. The molecule has 0 heterocycles. The first-order valence-corrected chi connectivity index (χ1v) is 5.15. The van der Waals surface area contributed by atoms with Gasteiger partial charge in [-0.3, -0.25) is 4.18 Å². The van der Waals surface area contributed by atoms with Gasteiger partial charge >= 0.3 is 5.97 Å². The third-order valence-corrected chi connectivity index (χ3v) is 1.74. The van der Waals surface area contributed by atoms with Crippen molar-refractivity contribution in [1.82, 2.24) is 0 Å². The summed E-state index contributed by atoms with van der Waals surface area (Å²) >= 11 is -2.57. The Bertz CT molecular complexity index is 216. The van der Waals surface area contributed by atoms with Crippen molar-refractivity contribution in [2.24, 2.45) is 0 Å². The van der Waals surface area contributed by atoms with Crippen LogP contribution in [0.5, 0.6) is 0 Å². The zero-order valence-electron chi connectivity index (χ0n) is 7.93. The van der Waals surface area contributed by atoms with E-state index in [1.54, 1.807) is 0 Å². The van der Waals surface area contributed by atoms with Crippen LogP contribution in [0.4, 0.5) is 0 Å². The molecule has 0 aromatic heterocycles. The van der Waals surface area contributed by atoms with Gasteiger partial charge in [-0.25, -0.2) is 9.00 Å². The molecule has 0 aromatic carbocycles. The normalized spacial score (nSPS) is 14.4. The number of esters is 1. The van der Waals surface area contributed by atoms with Crippen LogP contribution >= 0.6 is 0 Å². The Kier molecular flexibility index (Phi) is 7.27. The Labute approximate surface area is 85.6 Å². The molecule has 0 saturated heterocycles. The maximum atomic E-state index is 10.8. The highest BCUT2D eigenvalue weighted by Crippen LogP contribution is 2.04. The van der Waals surface area contributed by atoms with Crippen LogP contribution in [0.2, 0.25) is 0 Å². The Morgan fingerprint density at radius 2 is 2.36 bits per heavy atom. The summed E-state index contributed by atoms with van der Waals surface area (Å²) in [5, 5.41) is 0. The molecule has 0 aliphatic rings. The number of carbonyl (C=O) groups excluding carboxylic acids is 1. The molecule has 0 rings (SSSR count). The zero-order valence-corrected chi connectivity index (χ0v) is 8.75. The van der Waals surface area contributed by atoms with Crippen LogP contribution in [-0.2, 0) is 25.1 Å². The van der Waals surface area contributed by atoms with Crippen molar-refractivity contribution in [2.45, 2.75) is 25.9 Å². The molecule has 6 heteroatoms. The topological polar surface area (TPSA) is 75.7 Å². The Hall–Kier alpha value is -0.720. The SMILES string of the molecule is C=CC(=O)OC(CCC)COS(=O)[O-]. The molecule has 0 radical (unpaired) electrons. The second-order valence-electron chi connectivity index (χ2n) is 2.54. The van der Waals surface area contributed by atoms with E-state index in [2.05, 4.69) is 10.8 Å². The van der Waals surface area contributed by atoms with Crippen LogP contribution in [0.1, 0.15) is 19.8 Å². The van der Waals surface area contributed by atoms with Crippen LogP contribution in [0, 0.1) is 0 Å². The van der Waals surface area contributed by atoms with Gasteiger partial charge in [-0.05, 0) is 6.42 Å². The number of rotatable bonds is 7. The van der Waals surface area contributed by atoms with Crippen molar-refractivity contribution < 1.29 is 22.5 Å². The van der Waals surface area contributed by atoms with E-state index in [-0.39, 0.29) is 6.61 Å². The number of hydrogen-bond donors (Lipinski definition) is 0. The maximum absolute atomic E-state index is 10.8. The van der Waals surface area contributed by atoms with E-state index in [0.29, 0.717) is 6.42 Å². The van der Waals surface area contributed by atoms with Crippen LogP contribution in [0.3, 0.4) is 0 Å². The predicted octanol–water partition coefficient (Wildman–Crippen LogP) is 0.695. The van der Waals surface area contributed by atoms with Crippen molar-refractivity contribution in [1.29, 1.82) is 0 Å². The molecule has 0 bridgehead atoms. The van der Waals surface area contributed by atoms with Crippen LogP contribution in [0.15, 0.2) is 12.7 Å². The average molecular weight is 221 g/mol. The summed E-state index contributed by atoms with van der Waals surface area (Å²) in [6, 6.07) is 0. The van der Waals surface area contributed by atoms with Crippen LogP contribution in [-0.4, -0.2) is 27.4 Å². The lowest BCUT2D eigenvalue weighted by atomic mass is 10.2. The molecule has 0 aromatic rings. The quantitative estimate of drug-likeness (QED) is 0.359. The minimum atomic E-state index is -2.57. The highest BCUT2D eigenvalue weighted by atomic mass is 32.2. The summed E-state index contributed by atoms with van der Waals surface area (Å²) in [6.07, 6.45) is 1.81. The van der Waals surface area contributed by atoms with Gasteiger partial charge < -0.3 is 9.29 Å². The van der Waals surface area contributed by atoms with Crippen molar-refractivity contribution >= 4 is 17.3 Å². The van der Waals surface area contributed by atoms with Crippen LogP contribution < -0.4 is 0 Å². The van der Waals surface area contributed by atoms with Gasteiger partial charge in [-0.15, -0.1) is 0 Å². The van der Waals surface area contributed by atoms with E-state index >= 15 is 0 Å². The summed E-state index contributed by atoms with van der Waals surface area (Å²) in [5.74, 6) is -0.580. The van der Waals surface area contributed by atoms with Gasteiger partial charge in [0.1, 0.15) is 6.10 Å². The lowest BCUT2D eigenvalue weighted by Crippen LogP contribution is -2.23. The summed E-state index contributed by atoms with van der Waals surface area (Å²) in [5.41, 5.74) is 0. The Morgan fingerprint density at radius 1 is 1.71 bits per heavy atom. The molecule has 0 aliphatic heterocycles. The minimum Gasteiger partial charge on any atom is -0.750 e. The van der Waals surface area contributed by atoms with E-state index in [1.165, 1.54) is 0 Å². The number of carbonyl (C=O) groups is 1. The first-order chi connectivity index (χ1) is 6.60. The fourth-order valence-electron chi connectivity index (χ4n) is 0.842. The van der Waals surface area contributed by atoms with Gasteiger partial charge in [0.2, 0.25) is 0 Å². The van der Waals surface area contributed by atoms with Crippen LogP contribution in [0.25, 0.3) is 0 Å². The zero-order chi connectivity index (χ0) is 11.0. The van der Waals surface area contributed by atoms with Crippen molar-refractivity contribution in [3.63, 3.8) is 0 Å². The van der Waals surface area contributed by atoms with Crippen molar-refractivity contribution in [3.8, 4) is 0 Å². The molecule has 14 heavy (non-hydrogen) atoms. The van der Waals surface area contributed by atoms with E-state index in [9.17, 15) is 13.6 Å². The van der Waals surface area contributed by atoms with E-state index in [4.69, 9.17) is 4.74 Å². The average Bonchev–Trinajstić information content (AvgIpc) is 2.14. The Morgan fingerprint density at radius 3 is 2.79 bits per heavy atom. The lowest BCUT2D eigenvalue weighted by Gasteiger charge is -2.16. The van der Waals surface area contributed by atoms with Crippen molar-refractivity contribution in [3.05, 3.63) is 12.7 Å². The number of hydrogen-bond acceptors (Lipinski definition) is 5. The second-order valence-corrected chi connectivity index (χ2v) is 3.18. The van der Waals surface area contributed by atoms with Gasteiger partial charge in [0.15, 0.2) is 0 Å². The fourth-order valence-corrected chi connectivity index (χ4v) is 1.10. The standard InChI is InChI=1S/C8H14O5S/c1-3-5-7(6-12-14(10)11)13-8(9)4-2/h4,7H,2-3,5-6H2,1H3,(H,10,11)/p-1. The molecular weight excluding hydrogens is 208 g/mol. The largest absolute Gasteiger partial charge is 0.750 e. The molecule has 5 nitrogen and oxygen atoms in total. The second kappa shape index (κ2) is 7.66. The first-order valence-electron chi connectivity index (χ1n) is 4.15. The maximum Gasteiger partial charge on any atom is 0.330 e. The first kappa shape index (κ1) is 13.3. The predicted molar refractivity (Wildman–Crippen MR) is 49.9 cm³/mol.